The van der Waals surface area contributed by atoms with E-state index in [1.807, 2.05) is 44.2 Å². The maximum absolute atomic E-state index is 13.6. The van der Waals surface area contributed by atoms with Crippen LogP contribution in [0.15, 0.2) is 77.3 Å². The Morgan fingerprint density at radius 3 is 2.60 bits per heavy atom. The first-order valence-electron chi connectivity index (χ1n) is 11.4. The van der Waals surface area contributed by atoms with E-state index in [0.717, 1.165) is 5.56 Å². The summed E-state index contributed by atoms with van der Waals surface area (Å²) in [5.74, 6) is 0.657. The Bertz CT molecular complexity index is 1420. The van der Waals surface area contributed by atoms with Gasteiger partial charge in [-0.15, -0.1) is 0 Å². The Morgan fingerprint density at radius 2 is 1.86 bits per heavy atom. The van der Waals surface area contributed by atoms with Gasteiger partial charge in [-0.1, -0.05) is 67.9 Å². The predicted octanol–water partition coefficient (Wildman–Crippen LogP) is 6.26. The fraction of sp³-hybridized carbons (Fsp3) is 0.259. The van der Waals surface area contributed by atoms with E-state index in [1.165, 1.54) is 0 Å². The van der Waals surface area contributed by atoms with Gasteiger partial charge in [-0.2, -0.15) is 0 Å². The summed E-state index contributed by atoms with van der Waals surface area (Å²) in [5, 5.41) is 17.5. The first-order chi connectivity index (χ1) is 16.6. The predicted molar refractivity (Wildman–Crippen MR) is 140 cm³/mol. The lowest BCUT2D eigenvalue weighted by atomic mass is 9.88. The van der Waals surface area contributed by atoms with Crippen LogP contribution in [0.2, 0.25) is 5.02 Å². The average Bonchev–Trinajstić information content (AvgIpc) is 2.95. The van der Waals surface area contributed by atoms with Crippen molar-refractivity contribution in [1.29, 1.82) is 0 Å². The van der Waals surface area contributed by atoms with Crippen LogP contribution in [-0.4, -0.2) is 19.3 Å². The van der Waals surface area contributed by atoms with Crippen molar-refractivity contribution in [3.63, 3.8) is 0 Å². The smallest absolute Gasteiger partial charge is 0.179 e. The number of para-hydroxylation sites is 1. The molecule has 0 bridgehead atoms. The van der Waals surface area contributed by atoms with Gasteiger partial charge in [-0.05, 0) is 47.2 Å². The highest BCUT2D eigenvalue weighted by atomic mass is 35.5. The minimum atomic E-state index is -3.63. The summed E-state index contributed by atoms with van der Waals surface area (Å²) < 4.78 is 33.1. The number of hydrogen-bond acceptors (Lipinski definition) is 6. The van der Waals surface area contributed by atoms with Gasteiger partial charge < -0.3 is 20.5 Å². The number of sulfone groups is 1. The molecule has 182 valence electrons. The quantitative estimate of drug-likeness (QED) is 0.359. The van der Waals surface area contributed by atoms with E-state index in [2.05, 4.69) is 10.6 Å². The molecule has 1 atom stereocenters. The van der Waals surface area contributed by atoms with Crippen molar-refractivity contribution < 1.29 is 18.3 Å². The van der Waals surface area contributed by atoms with Crippen molar-refractivity contribution in [2.45, 2.75) is 32.9 Å². The highest BCUT2D eigenvalue weighted by molar-refractivity contribution is 7.95. The number of aromatic hydroxyl groups is 1. The number of anilines is 2. The van der Waals surface area contributed by atoms with E-state index in [9.17, 15) is 13.5 Å². The van der Waals surface area contributed by atoms with Crippen molar-refractivity contribution in [3.05, 3.63) is 93.5 Å². The largest absolute Gasteiger partial charge is 0.506 e. The molecule has 3 aromatic carbocycles. The number of phenolic OH excluding ortho intramolecular Hbond substituents is 1. The molecule has 6 nitrogen and oxygen atoms in total. The van der Waals surface area contributed by atoms with Crippen LogP contribution < -0.4 is 15.4 Å². The van der Waals surface area contributed by atoms with E-state index in [0.29, 0.717) is 46.4 Å². The monoisotopic (exact) mass is 510 g/mol. The second kappa shape index (κ2) is 8.81. The molecule has 0 spiro atoms. The van der Waals surface area contributed by atoms with Gasteiger partial charge in [-0.3, -0.25) is 0 Å². The Morgan fingerprint density at radius 1 is 1.09 bits per heavy atom. The summed E-state index contributed by atoms with van der Waals surface area (Å²) in [7, 11) is -3.63. The lowest BCUT2D eigenvalue weighted by Gasteiger charge is -2.35. The third-order valence-corrected chi connectivity index (χ3v) is 8.92. The Hall–Kier alpha value is -3.16. The Labute approximate surface area is 210 Å². The molecule has 0 fully saturated rings. The van der Waals surface area contributed by atoms with Crippen LogP contribution in [-0.2, 0) is 16.4 Å². The standard InChI is InChI=1S/C27H27ClN2O4S/c1-27(2)14-22-26(35(32,33)16-27)24(29-21-9-6-10-23(31)25(21)30-22)19-12-11-18(13-20(19)28)34-15-17-7-4-3-5-8-17/h3-13,24,29-31H,14-16H2,1-2H3. The molecule has 0 aromatic heterocycles. The van der Waals surface area contributed by atoms with E-state index < -0.39 is 21.3 Å². The van der Waals surface area contributed by atoms with Gasteiger partial charge in [0.05, 0.1) is 22.4 Å². The van der Waals surface area contributed by atoms with Crippen LogP contribution >= 0.6 is 11.6 Å². The number of fused-ring (bicyclic) bond motifs is 1. The van der Waals surface area contributed by atoms with Crippen LogP contribution in [0.3, 0.4) is 0 Å². The van der Waals surface area contributed by atoms with E-state index in [4.69, 9.17) is 16.3 Å². The van der Waals surface area contributed by atoms with Gasteiger partial charge in [0.1, 0.15) is 23.8 Å². The second-order valence-corrected chi connectivity index (χ2v) is 12.2. The van der Waals surface area contributed by atoms with Crippen molar-refractivity contribution in [1.82, 2.24) is 0 Å². The highest BCUT2D eigenvalue weighted by Crippen LogP contribution is 2.49. The molecule has 0 radical (unpaired) electrons. The maximum atomic E-state index is 13.6. The average molecular weight is 511 g/mol. The van der Waals surface area contributed by atoms with Gasteiger partial charge in [0.25, 0.3) is 0 Å². The number of nitrogens with one attached hydrogen (secondary N) is 2. The molecule has 2 aliphatic heterocycles. The number of phenols is 1. The normalized spacial score (nSPS) is 20.0. The van der Waals surface area contributed by atoms with Crippen molar-refractivity contribution >= 4 is 32.8 Å². The van der Waals surface area contributed by atoms with Gasteiger partial charge in [0, 0.05) is 10.7 Å². The lowest BCUT2D eigenvalue weighted by molar-refractivity contribution is 0.306. The number of hydrogen-bond donors (Lipinski definition) is 3. The molecular weight excluding hydrogens is 484 g/mol. The van der Waals surface area contributed by atoms with E-state index in [1.54, 1.807) is 36.4 Å². The van der Waals surface area contributed by atoms with Crippen molar-refractivity contribution in [3.8, 4) is 11.5 Å². The molecule has 5 rings (SSSR count). The zero-order valence-corrected chi connectivity index (χ0v) is 21.1. The number of allylic oxidation sites excluding steroid dienone is 1. The number of benzene rings is 3. The first kappa shape index (κ1) is 23.6. The molecule has 0 amide bonds. The zero-order valence-electron chi connectivity index (χ0n) is 19.5. The summed E-state index contributed by atoms with van der Waals surface area (Å²) in [6.07, 6.45) is 0.517. The van der Waals surface area contributed by atoms with E-state index >= 15 is 0 Å². The van der Waals surface area contributed by atoms with Crippen LogP contribution in [0.4, 0.5) is 11.4 Å². The summed E-state index contributed by atoms with van der Waals surface area (Å²) in [6.45, 7) is 4.26. The summed E-state index contributed by atoms with van der Waals surface area (Å²) >= 11 is 6.73. The molecule has 3 N–H and O–H groups in total. The SMILES string of the molecule is CC1(C)CC2=C(C(c3ccc(OCc4ccccc4)cc3Cl)Nc3cccc(O)c3N2)S(=O)(=O)C1. The Kier molecular flexibility index (Phi) is 5.93. The fourth-order valence-electron chi connectivity index (χ4n) is 4.81. The third-order valence-electron chi connectivity index (χ3n) is 6.28. The molecular formula is C27H27ClN2O4S. The molecule has 2 aliphatic rings. The molecule has 8 heteroatoms. The van der Waals surface area contributed by atoms with Crippen molar-refractivity contribution in [2.75, 3.05) is 16.4 Å². The molecule has 1 unspecified atom stereocenters. The van der Waals surface area contributed by atoms with Gasteiger partial charge >= 0.3 is 0 Å². The second-order valence-electron chi connectivity index (χ2n) is 9.80. The van der Waals surface area contributed by atoms with Gasteiger partial charge in [0.15, 0.2) is 9.84 Å². The summed E-state index contributed by atoms with van der Waals surface area (Å²) in [5.41, 5.74) is 2.81. The molecule has 0 saturated carbocycles. The minimum Gasteiger partial charge on any atom is -0.506 e. The summed E-state index contributed by atoms with van der Waals surface area (Å²) in [6, 6.07) is 19.5. The summed E-state index contributed by atoms with van der Waals surface area (Å²) in [4.78, 5) is 0.257. The van der Waals surface area contributed by atoms with Gasteiger partial charge in [-0.25, -0.2) is 8.42 Å². The van der Waals surface area contributed by atoms with Crippen LogP contribution in [0.5, 0.6) is 11.5 Å². The number of ether oxygens (including phenoxy) is 1. The fourth-order valence-corrected chi connectivity index (χ4v) is 7.42. The van der Waals surface area contributed by atoms with Crippen molar-refractivity contribution in [2.24, 2.45) is 5.41 Å². The van der Waals surface area contributed by atoms with Crippen LogP contribution in [0.25, 0.3) is 0 Å². The number of rotatable bonds is 4. The van der Waals surface area contributed by atoms with Crippen LogP contribution in [0, 0.1) is 5.41 Å². The zero-order chi connectivity index (χ0) is 24.8. The molecule has 0 saturated heterocycles. The molecule has 0 aliphatic carbocycles. The van der Waals surface area contributed by atoms with E-state index in [-0.39, 0.29) is 16.4 Å². The van der Waals surface area contributed by atoms with Crippen LogP contribution in [0.1, 0.15) is 37.4 Å². The molecule has 3 aromatic rings. The number of halogens is 1. The highest BCUT2D eigenvalue weighted by Gasteiger charge is 2.43. The maximum Gasteiger partial charge on any atom is 0.179 e. The topological polar surface area (TPSA) is 87.7 Å². The lowest BCUT2D eigenvalue weighted by Crippen LogP contribution is -2.35. The third kappa shape index (κ3) is 4.70. The minimum absolute atomic E-state index is 0.0247. The Balaban J connectivity index is 1.56. The molecule has 2 heterocycles. The van der Waals surface area contributed by atoms with Gasteiger partial charge in [0.2, 0.25) is 0 Å². The first-order valence-corrected chi connectivity index (χ1v) is 13.4. The molecule has 35 heavy (non-hydrogen) atoms.